The first kappa shape index (κ1) is 18.1. The maximum absolute atomic E-state index is 12.4. The van der Waals surface area contributed by atoms with Crippen molar-refractivity contribution in [2.45, 2.75) is 0 Å². The van der Waals surface area contributed by atoms with E-state index in [4.69, 9.17) is 34.8 Å². The Morgan fingerprint density at radius 3 is 2.16 bits per heavy atom. The second-order valence-electron chi connectivity index (χ2n) is 5.79. The van der Waals surface area contributed by atoms with E-state index in [0.29, 0.717) is 23.1 Å². The molecule has 3 rings (SSSR count). The number of halogens is 3. The van der Waals surface area contributed by atoms with Crippen LogP contribution in [0.25, 0.3) is 6.08 Å². The molecule has 1 aliphatic rings. The van der Waals surface area contributed by atoms with Gasteiger partial charge in [-0.15, -0.1) is 0 Å². The van der Waals surface area contributed by atoms with E-state index in [0.717, 1.165) is 29.4 Å². The van der Waals surface area contributed by atoms with Gasteiger partial charge in [-0.3, -0.25) is 4.79 Å². The van der Waals surface area contributed by atoms with Crippen LogP contribution in [0.1, 0.15) is 5.56 Å². The zero-order chi connectivity index (χ0) is 17.8. The summed E-state index contributed by atoms with van der Waals surface area (Å²) < 4.78 is 0. The van der Waals surface area contributed by atoms with E-state index in [9.17, 15) is 4.79 Å². The van der Waals surface area contributed by atoms with Crippen molar-refractivity contribution in [1.29, 1.82) is 0 Å². The lowest BCUT2D eigenvalue weighted by Crippen LogP contribution is -2.48. The summed E-state index contributed by atoms with van der Waals surface area (Å²) in [5, 5.41) is 1.83. The molecule has 0 radical (unpaired) electrons. The van der Waals surface area contributed by atoms with Crippen LogP contribution in [0.3, 0.4) is 0 Å². The van der Waals surface area contributed by atoms with E-state index >= 15 is 0 Å². The summed E-state index contributed by atoms with van der Waals surface area (Å²) in [5.41, 5.74) is 1.90. The van der Waals surface area contributed by atoms with E-state index in [2.05, 4.69) is 4.90 Å². The summed E-state index contributed by atoms with van der Waals surface area (Å²) in [6.07, 6.45) is 3.29. The molecule has 3 nitrogen and oxygen atoms in total. The molecule has 1 amide bonds. The molecular formula is C19H17Cl3N2O. The maximum atomic E-state index is 12.4. The number of carbonyl (C=O) groups is 1. The molecule has 0 N–H and O–H groups in total. The van der Waals surface area contributed by atoms with Crippen molar-refractivity contribution in [3.63, 3.8) is 0 Å². The molecule has 0 saturated carbocycles. The van der Waals surface area contributed by atoms with Crippen molar-refractivity contribution < 1.29 is 4.79 Å². The lowest BCUT2D eigenvalue weighted by atomic mass is 10.2. The molecule has 0 atom stereocenters. The Kier molecular flexibility index (Phi) is 5.89. The quantitative estimate of drug-likeness (QED) is 0.682. The highest BCUT2D eigenvalue weighted by Gasteiger charge is 2.19. The highest BCUT2D eigenvalue weighted by molar-refractivity contribution is 6.35. The van der Waals surface area contributed by atoms with Gasteiger partial charge in [0.1, 0.15) is 0 Å². The molecule has 0 aromatic heterocycles. The molecule has 2 aromatic carbocycles. The Balaban J connectivity index is 1.58. The summed E-state index contributed by atoms with van der Waals surface area (Å²) >= 11 is 17.9. The molecule has 1 aliphatic heterocycles. The van der Waals surface area contributed by atoms with Crippen molar-refractivity contribution in [2.75, 3.05) is 31.1 Å². The molecule has 0 spiro atoms. The van der Waals surface area contributed by atoms with Gasteiger partial charge in [-0.05, 0) is 48.0 Å². The van der Waals surface area contributed by atoms with Gasteiger partial charge >= 0.3 is 0 Å². The lowest BCUT2D eigenvalue weighted by molar-refractivity contribution is -0.126. The standard InChI is InChI=1S/C19H17Cl3N2O/c20-15-4-6-17(7-5-15)23-9-11-24(12-10-23)19(25)8-2-14-1-3-16(21)13-18(14)22/h1-8,13H,9-12H2. The third-order valence-corrected chi connectivity index (χ3v) is 4.97. The topological polar surface area (TPSA) is 23.6 Å². The molecule has 1 fully saturated rings. The molecular weight excluding hydrogens is 379 g/mol. The third kappa shape index (κ3) is 4.69. The molecule has 0 bridgehead atoms. The van der Waals surface area contributed by atoms with Crippen molar-refractivity contribution in [3.05, 3.63) is 69.2 Å². The first-order valence-corrected chi connectivity index (χ1v) is 9.09. The van der Waals surface area contributed by atoms with Crippen molar-refractivity contribution >= 4 is 52.5 Å². The van der Waals surface area contributed by atoms with E-state index in [-0.39, 0.29) is 5.91 Å². The van der Waals surface area contributed by atoms with Gasteiger partial charge in [0.15, 0.2) is 0 Å². The first-order valence-electron chi connectivity index (χ1n) is 7.95. The summed E-state index contributed by atoms with van der Waals surface area (Å²) in [4.78, 5) is 16.5. The SMILES string of the molecule is O=C(C=Cc1ccc(Cl)cc1Cl)N1CCN(c2ccc(Cl)cc2)CC1. The summed E-state index contributed by atoms with van der Waals surface area (Å²) in [7, 11) is 0. The van der Waals surface area contributed by atoms with E-state index < -0.39 is 0 Å². The van der Waals surface area contributed by atoms with Crippen LogP contribution in [0.15, 0.2) is 48.5 Å². The number of amides is 1. The minimum atomic E-state index is -0.0122. The Hall–Kier alpha value is -1.68. The Labute approximate surface area is 162 Å². The van der Waals surface area contributed by atoms with E-state index in [1.807, 2.05) is 29.2 Å². The number of hydrogen-bond donors (Lipinski definition) is 0. The van der Waals surface area contributed by atoms with Crippen LogP contribution >= 0.6 is 34.8 Å². The van der Waals surface area contributed by atoms with Crippen molar-refractivity contribution in [3.8, 4) is 0 Å². The maximum Gasteiger partial charge on any atom is 0.246 e. The van der Waals surface area contributed by atoms with E-state index in [1.54, 1.807) is 30.4 Å². The van der Waals surface area contributed by atoms with Gasteiger partial charge in [-0.1, -0.05) is 40.9 Å². The predicted octanol–water partition coefficient (Wildman–Crippen LogP) is 5.01. The number of anilines is 1. The first-order chi connectivity index (χ1) is 12.0. The van der Waals surface area contributed by atoms with Crippen LogP contribution in [0.4, 0.5) is 5.69 Å². The zero-order valence-electron chi connectivity index (χ0n) is 13.5. The number of hydrogen-bond acceptors (Lipinski definition) is 2. The predicted molar refractivity (Wildman–Crippen MR) is 106 cm³/mol. The van der Waals surface area contributed by atoms with Gasteiger partial charge in [0, 0.05) is 53.0 Å². The summed E-state index contributed by atoms with van der Waals surface area (Å²) in [5.74, 6) is -0.0122. The minimum absolute atomic E-state index is 0.0122. The van der Waals surface area contributed by atoms with Crippen LogP contribution in [0.2, 0.25) is 15.1 Å². The highest BCUT2D eigenvalue weighted by Crippen LogP contribution is 2.22. The number of nitrogens with zero attached hydrogens (tertiary/aromatic N) is 2. The highest BCUT2D eigenvalue weighted by atomic mass is 35.5. The molecule has 6 heteroatoms. The Morgan fingerprint density at radius 2 is 1.52 bits per heavy atom. The largest absolute Gasteiger partial charge is 0.368 e. The van der Waals surface area contributed by atoms with Gasteiger partial charge in [0.25, 0.3) is 0 Å². The van der Waals surface area contributed by atoms with Crippen LogP contribution in [-0.4, -0.2) is 37.0 Å². The molecule has 0 aliphatic carbocycles. The smallest absolute Gasteiger partial charge is 0.246 e. The lowest BCUT2D eigenvalue weighted by Gasteiger charge is -2.35. The molecule has 2 aromatic rings. The molecule has 0 unspecified atom stereocenters. The fraction of sp³-hybridized carbons (Fsp3) is 0.211. The zero-order valence-corrected chi connectivity index (χ0v) is 15.7. The van der Waals surface area contributed by atoms with Gasteiger partial charge in [-0.25, -0.2) is 0 Å². The molecule has 130 valence electrons. The van der Waals surface area contributed by atoms with Crippen molar-refractivity contribution in [2.24, 2.45) is 0 Å². The van der Waals surface area contributed by atoms with Gasteiger partial charge in [-0.2, -0.15) is 0 Å². The van der Waals surface area contributed by atoms with E-state index in [1.165, 1.54) is 0 Å². The second kappa shape index (κ2) is 8.13. The Bertz CT molecular complexity index is 782. The number of rotatable bonds is 3. The normalized spacial score (nSPS) is 15.0. The monoisotopic (exact) mass is 394 g/mol. The van der Waals surface area contributed by atoms with Crippen LogP contribution in [0, 0.1) is 0 Å². The van der Waals surface area contributed by atoms with Crippen molar-refractivity contribution in [1.82, 2.24) is 4.90 Å². The molecule has 1 heterocycles. The molecule has 1 saturated heterocycles. The average Bonchev–Trinajstić information content (AvgIpc) is 2.61. The van der Waals surface area contributed by atoms with Crippen LogP contribution in [-0.2, 0) is 4.79 Å². The van der Waals surface area contributed by atoms with Crippen LogP contribution < -0.4 is 4.90 Å². The van der Waals surface area contributed by atoms with Gasteiger partial charge in [0.2, 0.25) is 5.91 Å². The number of piperazine rings is 1. The second-order valence-corrected chi connectivity index (χ2v) is 7.07. The van der Waals surface area contributed by atoms with Crippen LogP contribution in [0.5, 0.6) is 0 Å². The number of carbonyl (C=O) groups excluding carboxylic acids is 1. The summed E-state index contributed by atoms with van der Waals surface area (Å²) in [6, 6.07) is 13.0. The Morgan fingerprint density at radius 1 is 0.880 bits per heavy atom. The summed E-state index contributed by atoms with van der Waals surface area (Å²) in [6.45, 7) is 2.95. The number of benzene rings is 2. The average molecular weight is 396 g/mol. The third-order valence-electron chi connectivity index (χ3n) is 4.15. The molecule has 25 heavy (non-hydrogen) atoms. The van der Waals surface area contributed by atoms with Gasteiger partial charge < -0.3 is 9.80 Å². The minimum Gasteiger partial charge on any atom is -0.368 e. The van der Waals surface area contributed by atoms with Gasteiger partial charge in [0.05, 0.1) is 0 Å². The fourth-order valence-electron chi connectivity index (χ4n) is 2.74. The fourth-order valence-corrected chi connectivity index (χ4v) is 3.34.